The van der Waals surface area contributed by atoms with Gasteiger partial charge in [-0.25, -0.2) is 4.79 Å². The predicted octanol–water partition coefficient (Wildman–Crippen LogP) is 2.51. The minimum atomic E-state index is -0.389. The van der Waals surface area contributed by atoms with Gasteiger partial charge in [0.1, 0.15) is 0 Å². The van der Waals surface area contributed by atoms with Gasteiger partial charge >= 0.3 is 5.97 Å². The van der Waals surface area contributed by atoms with Gasteiger partial charge in [-0.3, -0.25) is 19.3 Å². The summed E-state index contributed by atoms with van der Waals surface area (Å²) in [5.41, 5.74) is 1.06. The van der Waals surface area contributed by atoms with Crippen molar-refractivity contribution >= 4 is 29.4 Å². The molecule has 0 atom stereocenters. The van der Waals surface area contributed by atoms with Crippen molar-refractivity contribution in [2.75, 3.05) is 18.5 Å². The van der Waals surface area contributed by atoms with E-state index in [9.17, 15) is 19.2 Å². The molecule has 1 aliphatic heterocycles. The minimum absolute atomic E-state index is 0.0981. The molecule has 1 aliphatic rings. The number of hydrogen-bond donors (Lipinski definition) is 1. The van der Waals surface area contributed by atoms with Gasteiger partial charge in [0.15, 0.2) is 0 Å². The highest BCUT2D eigenvalue weighted by molar-refractivity contribution is 6.01. The summed E-state index contributed by atoms with van der Waals surface area (Å²) in [7, 11) is 0. The number of anilines is 1. The minimum Gasteiger partial charge on any atom is -0.462 e. The Morgan fingerprint density at radius 3 is 2.31 bits per heavy atom. The third-order valence-electron chi connectivity index (χ3n) is 4.12. The molecular formula is C19H24N2O5. The highest BCUT2D eigenvalue weighted by Gasteiger charge is 2.27. The van der Waals surface area contributed by atoms with Crippen molar-refractivity contribution in [3.63, 3.8) is 0 Å². The number of unbranched alkanes of at least 4 members (excludes halogenated alkanes) is 2. The van der Waals surface area contributed by atoms with E-state index in [2.05, 4.69) is 5.32 Å². The van der Waals surface area contributed by atoms with Crippen molar-refractivity contribution in [2.45, 2.75) is 45.4 Å². The molecular weight excluding hydrogens is 336 g/mol. The summed E-state index contributed by atoms with van der Waals surface area (Å²) in [5.74, 6) is -0.694. The molecule has 1 aromatic rings. The number of esters is 1. The van der Waals surface area contributed by atoms with Gasteiger partial charge in [-0.05, 0) is 44.0 Å². The Kier molecular flexibility index (Phi) is 7.32. The van der Waals surface area contributed by atoms with Crippen LogP contribution in [0, 0.1) is 0 Å². The average molecular weight is 360 g/mol. The molecule has 0 radical (unpaired) electrons. The highest BCUT2D eigenvalue weighted by atomic mass is 16.5. The molecule has 2 rings (SSSR count). The van der Waals surface area contributed by atoms with Gasteiger partial charge < -0.3 is 10.1 Å². The van der Waals surface area contributed by atoms with Crippen LogP contribution in [0.1, 0.15) is 55.8 Å². The summed E-state index contributed by atoms with van der Waals surface area (Å²) >= 11 is 0. The van der Waals surface area contributed by atoms with Crippen LogP contribution in [0.2, 0.25) is 0 Å². The molecule has 0 aromatic heterocycles. The van der Waals surface area contributed by atoms with Crippen molar-refractivity contribution in [1.82, 2.24) is 4.90 Å². The number of benzene rings is 1. The zero-order valence-electron chi connectivity index (χ0n) is 15.0. The van der Waals surface area contributed by atoms with Gasteiger partial charge in [-0.15, -0.1) is 0 Å². The summed E-state index contributed by atoms with van der Waals surface area (Å²) in [4.78, 5) is 47.8. The maximum atomic E-state index is 11.9. The van der Waals surface area contributed by atoms with Crippen LogP contribution in [0.4, 0.5) is 5.69 Å². The number of nitrogens with zero attached hydrogens (tertiary/aromatic N) is 1. The van der Waals surface area contributed by atoms with Crippen molar-refractivity contribution in [1.29, 1.82) is 0 Å². The summed E-state index contributed by atoms with van der Waals surface area (Å²) in [6, 6.07) is 6.54. The second-order valence-electron chi connectivity index (χ2n) is 6.10. The molecule has 1 fully saturated rings. The number of imide groups is 1. The first-order valence-corrected chi connectivity index (χ1v) is 8.91. The number of likely N-dealkylation sites (tertiary alicyclic amines) is 1. The third-order valence-corrected chi connectivity index (χ3v) is 4.12. The zero-order chi connectivity index (χ0) is 18.9. The molecule has 1 heterocycles. The molecule has 7 nitrogen and oxygen atoms in total. The Hall–Kier alpha value is -2.70. The van der Waals surface area contributed by atoms with E-state index in [1.165, 1.54) is 4.90 Å². The van der Waals surface area contributed by atoms with E-state index in [4.69, 9.17) is 4.74 Å². The summed E-state index contributed by atoms with van der Waals surface area (Å²) < 4.78 is 4.90. The fourth-order valence-corrected chi connectivity index (χ4v) is 2.73. The summed E-state index contributed by atoms with van der Waals surface area (Å²) in [6.07, 6.45) is 3.15. The van der Waals surface area contributed by atoms with E-state index < -0.39 is 0 Å². The van der Waals surface area contributed by atoms with Crippen LogP contribution in [0.3, 0.4) is 0 Å². The Bertz CT molecular complexity index is 653. The first kappa shape index (κ1) is 19.6. The molecule has 26 heavy (non-hydrogen) atoms. The van der Waals surface area contributed by atoms with Crippen LogP contribution < -0.4 is 5.32 Å². The normalized spacial score (nSPS) is 13.8. The van der Waals surface area contributed by atoms with Gasteiger partial charge in [-0.1, -0.05) is 6.42 Å². The standard InChI is InChI=1S/C19H24N2O5/c1-2-26-19(25)14-7-9-15(10-8-14)20-16(22)6-4-3-5-13-21-17(23)11-12-18(21)24/h7-10H,2-6,11-13H2,1H3,(H,20,22). The van der Waals surface area contributed by atoms with Gasteiger partial charge in [0.05, 0.1) is 12.2 Å². The van der Waals surface area contributed by atoms with Crippen molar-refractivity contribution < 1.29 is 23.9 Å². The molecule has 140 valence electrons. The molecule has 1 aromatic carbocycles. The number of carbonyl (C=O) groups is 4. The topological polar surface area (TPSA) is 92.8 Å². The Labute approximate surface area is 152 Å². The van der Waals surface area contributed by atoms with Crippen LogP contribution in [0.25, 0.3) is 0 Å². The number of nitrogens with one attached hydrogen (secondary N) is 1. The highest BCUT2D eigenvalue weighted by Crippen LogP contribution is 2.14. The van der Waals surface area contributed by atoms with Crippen LogP contribution >= 0.6 is 0 Å². The Morgan fingerprint density at radius 2 is 1.69 bits per heavy atom. The monoisotopic (exact) mass is 360 g/mol. The molecule has 1 N–H and O–H groups in total. The van der Waals surface area contributed by atoms with Gasteiger partial charge in [0.2, 0.25) is 17.7 Å². The molecule has 0 unspecified atom stereocenters. The van der Waals surface area contributed by atoms with Gasteiger partial charge in [-0.2, -0.15) is 0 Å². The van der Waals surface area contributed by atoms with Crippen LogP contribution in [-0.4, -0.2) is 41.7 Å². The fraction of sp³-hybridized carbons (Fsp3) is 0.474. The Morgan fingerprint density at radius 1 is 1.04 bits per heavy atom. The van der Waals surface area contributed by atoms with E-state index in [1.54, 1.807) is 31.2 Å². The van der Waals surface area contributed by atoms with E-state index in [1.807, 2.05) is 0 Å². The number of ether oxygens (including phenoxy) is 1. The summed E-state index contributed by atoms with van der Waals surface area (Å²) in [6.45, 7) is 2.50. The molecule has 1 saturated heterocycles. The first-order valence-electron chi connectivity index (χ1n) is 8.91. The number of amides is 3. The van der Waals surface area contributed by atoms with Crippen molar-refractivity contribution in [3.05, 3.63) is 29.8 Å². The smallest absolute Gasteiger partial charge is 0.338 e. The molecule has 3 amide bonds. The zero-order valence-corrected chi connectivity index (χ0v) is 15.0. The molecule has 0 aliphatic carbocycles. The molecule has 0 saturated carbocycles. The molecule has 7 heteroatoms. The fourth-order valence-electron chi connectivity index (χ4n) is 2.73. The lowest BCUT2D eigenvalue weighted by molar-refractivity contribution is -0.138. The van der Waals surface area contributed by atoms with E-state index in [0.717, 1.165) is 6.42 Å². The first-order chi connectivity index (χ1) is 12.5. The van der Waals surface area contributed by atoms with E-state index in [-0.39, 0.29) is 23.7 Å². The van der Waals surface area contributed by atoms with E-state index in [0.29, 0.717) is 56.5 Å². The quantitative estimate of drug-likeness (QED) is 0.415. The number of rotatable bonds is 9. The van der Waals surface area contributed by atoms with Gasteiger partial charge in [0, 0.05) is 31.5 Å². The summed E-state index contributed by atoms with van der Waals surface area (Å²) in [5, 5.41) is 2.78. The lowest BCUT2D eigenvalue weighted by Crippen LogP contribution is -2.29. The third kappa shape index (κ3) is 5.68. The lowest BCUT2D eigenvalue weighted by atomic mass is 10.1. The predicted molar refractivity (Wildman–Crippen MR) is 95.5 cm³/mol. The van der Waals surface area contributed by atoms with E-state index >= 15 is 0 Å². The second kappa shape index (κ2) is 9.70. The lowest BCUT2D eigenvalue weighted by Gasteiger charge is -2.13. The maximum absolute atomic E-state index is 11.9. The maximum Gasteiger partial charge on any atom is 0.338 e. The van der Waals surface area contributed by atoms with Gasteiger partial charge in [0.25, 0.3) is 0 Å². The van der Waals surface area contributed by atoms with Crippen molar-refractivity contribution in [3.8, 4) is 0 Å². The van der Waals surface area contributed by atoms with Crippen LogP contribution in [-0.2, 0) is 19.1 Å². The largest absolute Gasteiger partial charge is 0.462 e. The van der Waals surface area contributed by atoms with Crippen molar-refractivity contribution in [2.24, 2.45) is 0 Å². The number of carbonyl (C=O) groups excluding carboxylic acids is 4. The second-order valence-corrected chi connectivity index (χ2v) is 6.10. The van der Waals surface area contributed by atoms with Crippen LogP contribution in [0.5, 0.6) is 0 Å². The Balaban J connectivity index is 1.65. The van der Waals surface area contributed by atoms with Crippen LogP contribution in [0.15, 0.2) is 24.3 Å². The molecule has 0 spiro atoms. The SMILES string of the molecule is CCOC(=O)c1ccc(NC(=O)CCCCCN2C(=O)CCC2=O)cc1. The average Bonchev–Trinajstić information content (AvgIpc) is 2.94. The molecule has 0 bridgehead atoms. The number of hydrogen-bond acceptors (Lipinski definition) is 5.